The van der Waals surface area contributed by atoms with Crippen molar-refractivity contribution < 1.29 is 19.1 Å². The van der Waals surface area contributed by atoms with Crippen molar-refractivity contribution in [2.75, 3.05) is 0 Å². The molecule has 0 aromatic carbocycles. The molecule has 4 nitrogen and oxygen atoms in total. The zero-order chi connectivity index (χ0) is 18.0. The quantitative estimate of drug-likeness (QED) is 0.682. The summed E-state index contributed by atoms with van der Waals surface area (Å²) in [5.74, 6) is 0.888. The molecule has 0 bridgehead atoms. The first-order valence-electron chi connectivity index (χ1n) is 9.71. The molecule has 0 N–H and O–H groups in total. The maximum atomic E-state index is 13.1. The van der Waals surface area contributed by atoms with Crippen LogP contribution in [-0.2, 0) is 19.1 Å². The van der Waals surface area contributed by atoms with E-state index in [0.717, 1.165) is 32.1 Å². The summed E-state index contributed by atoms with van der Waals surface area (Å²) in [5.41, 5.74) is 0.902. The third kappa shape index (κ3) is 2.36. The molecule has 136 valence electrons. The Labute approximate surface area is 149 Å². The summed E-state index contributed by atoms with van der Waals surface area (Å²) in [6.07, 6.45) is 7.66. The lowest BCUT2D eigenvalue weighted by atomic mass is 9.48. The molecule has 4 rings (SSSR count). The molecule has 3 fully saturated rings. The van der Waals surface area contributed by atoms with Crippen LogP contribution in [0.4, 0.5) is 0 Å². The fraction of sp³-hybridized carbons (Fsp3) is 0.762. The van der Waals surface area contributed by atoms with E-state index >= 15 is 0 Å². The molecule has 0 saturated heterocycles. The van der Waals surface area contributed by atoms with Gasteiger partial charge in [0, 0.05) is 31.1 Å². The number of Topliss-reactive ketones (excluding diaryl/α,β-unsaturated/α-hetero) is 1. The third-order valence-electron chi connectivity index (χ3n) is 7.94. The van der Waals surface area contributed by atoms with Crippen molar-refractivity contribution in [2.24, 2.45) is 28.6 Å². The summed E-state index contributed by atoms with van der Waals surface area (Å²) in [6, 6.07) is 0. The number of esters is 1. The minimum absolute atomic E-state index is 0.00391. The van der Waals surface area contributed by atoms with Crippen LogP contribution in [0.3, 0.4) is 0 Å². The average Bonchev–Trinajstić information content (AvgIpc) is 2.84. The molecule has 0 heterocycles. The highest BCUT2D eigenvalue weighted by Crippen LogP contribution is 2.63. The van der Waals surface area contributed by atoms with Gasteiger partial charge in [-0.15, -0.1) is 0 Å². The van der Waals surface area contributed by atoms with Gasteiger partial charge >= 0.3 is 5.97 Å². The van der Waals surface area contributed by atoms with Gasteiger partial charge in [-0.2, -0.15) is 0 Å². The van der Waals surface area contributed by atoms with E-state index in [1.807, 2.05) is 6.08 Å². The number of ketones is 2. The van der Waals surface area contributed by atoms with Gasteiger partial charge in [-0.05, 0) is 55.4 Å². The fourth-order valence-corrected chi connectivity index (χ4v) is 6.48. The third-order valence-corrected chi connectivity index (χ3v) is 7.94. The first-order valence-corrected chi connectivity index (χ1v) is 9.71. The predicted molar refractivity (Wildman–Crippen MR) is 92.7 cm³/mol. The zero-order valence-corrected chi connectivity index (χ0v) is 15.5. The van der Waals surface area contributed by atoms with E-state index in [9.17, 15) is 14.4 Å². The molecule has 4 aliphatic carbocycles. The molecule has 0 amide bonds. The predicted octanol–water partition coefficient (Wildman–Crippen LogP) is 3.63. The lowest BCUT2D eigenvalue weighted by molar-refractivity contribution is -0.149. The second-order valence-electron chi connectivity index (χ2n) is 9.12. The first-order chi connectivity index (χ1) is 11.8. The van der Waals surface area contributed by atoms with Crippen molar-refractivity contribution in [1.29, 1.82) is 0 Å². The Kier molecular flexibility index (Phi) is 3.75. The molecule has 25 heavy (non-hydrogen) atoms. The minimum Gasteiger partial charge on any atom is -0.462 e. The minimum atomic E-state index is -0.284. The standard InChI is InChI=1S/C21H28O4/c1-12(22)25-14-6-8-20(2)13(10-14)11-17(23)19-15-4-5-18(24)21(15,3)9-7-16(19)20/h11,14-16,19H,4-10H2,1-3H3/t14-,15-,16-,19-,20+,21+/m1/s1. The van der Waals surface area contributed by atoms with Crippen LogP contribution < -0.4 is 0 Å². The molecule has 0 spiro atoms. The van der Waals surface area contributed by atoms with Crippen LogP contribution in [0.5, 0.6) is 0 Å². The van der Waals surface area contributed by atoms with Gasteiger partial charge in [0.05, 0.1) is 0 Å². The van der Waals surface area contributed by atoms with E-state index in [2.05, 4.69) is 13.8 Å². The SMILES string of the molecule is CC(=O)O[C@@H]1CC[C@@]2(C)C(=CC(=O)[C@H]3[C@H]2CC[C@]2(C)C(=O)CC[C@H]32)C1. The number of hydrogen-bond acceptors (Lipinski definition) is 4. The lowest BCUT2D eigenvalue weighted by Crippen LogP contribution is -2.53. The molecule has 0 radical (unpaired) electrons. The van der Waals surface area contributed by atoms with Crippen molar-refractivity contribution in [3.05, 3.63) is 11.6 Å². The average molecular weight is 344 g/mol. The molecular formula is C21H28O4. The maximum absolute atomic E-state index is 13.1. The van der Waals surface area contributed by atoms with Crippen molar-refractivity contribution in [3.63, 3.8) is 0 Å². The Bertz CT molecular complexity index is 677. The Hall–Kier alpha value is -1.45. The maximum Gasteiger partial charge on any atom is 0.302 e. The van der Waals surface area contributed by atoms with Crippen LogP contribution in [0.2, 0.25) is 0 Å². The van der Waals surface area contributed by atoms with Crippen molar-refractivity contribution in [2.45, 2.75) is 71.8 Å². The first kappa shape index (κ1) is 17.0. The number of fused-ring (bicyclic) bond motifs is 5. The van der Waals surface area contributed by atoms with Gasteiger partial charge in [-0.1, -0.05) is 19.4 Å². The topological polar surface area (TPSA) is 60.4 Å². The molecule has 4 heteroatoms. The number of carbonyl (C=O) groups excluding carboxylic acids is 3. The smallest absolute Gasteiger partial charge is 0.302 e. The number of carbonyl (C=O) groups is 3. The molecule has 0 aliphatic heterocycles. The van der Waals surface area contributed by atoms with Gasteiger partial charge in [0.1, 0.15) is 11.9 Å². The van der Waals surface area contributed by atoms with E-state index in [1.54, 1.807) is 0 Å². The molecule has 0 unspecified atom stereocenters. The molecule has 0 aromatic heterocycles. The van der Waals surface area contributed by atoms with Gasteiger partial charge in [0.15, 0.2) is 5.78 Å². The number of hydrogen-bond donors (Lipinski definition) is 0. The molecule has 6 atom stereocenters. The van der Waals surface area contributed by atoms with E-state index in [4.69, 9.17) is 4.74 Å². The van der Waals surface area contributed by atoms with Gasteiger partial charge < -0.3 is 4.74 Å². The highest BCUT2D eigenvalue weighted by molar-refractivity contribution is 5.96. The Balaban J connectivity index is 1.67. The summed E-state index contributed by atoms with van der Waals surface area (Å²) < 4.78 is 5.42. The molecule has 3 saturated carbocycles. The van der Waals surface area contributed by atoms with Gasteiger partial charge in [-0.25, -0.2) is 0 Å². The Morgan fingerprint density at radius 3 is 2.48 bits per heavy atom. The highest BCUT2D eigenvalue weighted by atomic mass is 16.5. The van der Waals surface area contributed by atoms with Crippen LogP contribution in [0, 0.1) is 28.6 Å². The summed E-state index contributed by atoms with van der Waals surface area (Å²) >= 11 is 0. The largest absolute Gasteiger partial charge is 0.462 e. The lowest BCUT2D eigenvalue weighted by Gasteiger charge is -2.55. The molecular weight excluding hydrogens is 316 g/mol. The monoisotopic (exact) mass is 344 g/mol. The number of ether oxygens (including phenoxy) is 1. The Morgan fingerprint density at radius 1 is 1.08 bits per heavy atom. The van der Waals surface area contributed by atoms with Crippen molar-refractivity contribution in [3.8, 4) is 0 Å². The second-order valence-corrected chi connectivity index (χ2v) is 9.12. The van der Waals surface area contributed by atoms with Crippen LogP contribution in [0.15, 0.2) is 11.6 Å². The molecule has 4 aliphatic rings. The Morgan fingerprint density at radius 2 is 1.76 bits per heavy atom. The summed E-state index contributed by atoms with van der Waals surface area (Å²) in [6.45, 7) is 5.84. The normalized spacial score (nSPS) is 46.0. The summed E-state index contributed by atoms with van der Waals surface area (Å²) in [7, 11) is 0. The van der Waals surface area contributed by atoms with Gasteiger partial charge in [-0.3, -0.25) is 14.4 Å². The highest BCUT2D eigenvalue weighted by Gasteiger charge is 2.61. The van der Waals surface area contributed by atoms with E-state index in [1.165, 1.54) is 12.5 Å². The number of allylic oxidation sites excluding steroid dienone is 1. The van der Waals surface area contributed by atoms with Crippen LogP contribution in [-0.4, -0.2) is 23.6 Å². The van der Waals surface area contributed by atoms with Crippen LogP contribution in [0.25, 0.3) is 0 Å². The summed E-state index contributed by atoms with van der Waals surface area (Å²) in [5, 5.41) is 0. The summed E-state index contributed by atoms with van der Waals surface area (Å²) in [4.78, 5) is 36.8. The van der Waals surface area contributed by atoms with E-state index < -0.39 is 0 Å². The van der Waals surface area contributed by atoms with E-state index in [-0.39, 0.29) is 40.5 Å². The second kappa shape index (κ2) is 5.52. The van der Waals surface area contributed by atoms with Gasteiger partial charge in [0.25, 0.3) is 0 Å². The van der Waals surface area contributed by atoms with Crippen molar-refractivity contribution in [1.82, 2.24) is 0 Å². The fourth-order valence-electron chi connectivity index (χ4n) is 6.48. The van der Waals surface area contributed by atoms with Crippen molar-refractivity contribution >= 4 is 17.5 Å². The van der Waals surface area contributed by atoms with Crippen LogP contribution >= 0.6 is 0 Å². The molecule has 0 aromatic rings. The van der Waals surface area contributed by atoms with E-state index in [0.29, 0.717) is 24.5 Å². The number of rotatable bonds is 1. The van der Waals surface area contributed by atoms with Gasteiger partial charge in [0.2, 0.25) is 0 Å². The van der Waals surface area contributed by atoms with Crippen LogP contribution in [0.1, 0.15) is 65.7 Å². The zero-order valence-electron chi connectivity index (χ0n) is 15.5.